The molecule has 1 atom stereocenters. The Labute approximate surface area is 161 Å². The summed E-state index contributed by atoms with van der Waals surface area (Å²) in [7, 11) is -3.01. The van der Waals surface area contributed by atoms with Gasteiger partial charge in [0, 0.05) is 11.7 Å². The highest BCUT2D eigenvalue weighted by molar-refractivity contribution is 7.99. The van der Waals surface area contributed by atoms with Crippen LogP contribution in [-0.2, 0) is 14.6 Å². The summed E-state index contributed by atoms with van der Waals surface area (Å²) in [4.78, 5) is 16.9. The number of fused-ring (bicyclic) bond motifs is 1. The van der Waals surface area contributed by atoms with Crippen molar-refractivity contribution in [1.29, 1.82) is 0 Å². The maximum atomic E-state index is 12.3. The average Bonchev–Trinajstić information content (AvgIpc) is 3.20. The lowest BCUT2D eigenvalue weighted by Gasteiger charge is -2.11. The van der Waals surface area contributed by atoms with Crippen LogP contribution in [0, 0.1) is 0 Å². The van der Waals surface area contributed by atoms with Crippen molar-refractivity contribution in [1.82, 2.24) is 14.9 Å². The summed E-state index contributed by atoms with van der Waals surface area (Å²) in [6.07, 6.45) is 0.487. The molecule has 1 unspecified atom stereocenters. The van der Waals surface area contributed by atoms with E-state index in [2.05, 4.69) is 10.3 Å². The van der Waals surface area contributed by atoms with Gasteiger partial charge in [0.05, 0.1) is 28.3 Å². The van der Waals surface area contributed by atoms with Crippen LogP contribution >= 0.6 is 11.8 Å². The van der Waals surface area contributed by atoms with Gasteiger partial charge in [-0.05, 0) is 30.7 Å². The Kier molecular flexibility index (Phi) is 4.92. The number of hydrogen-bond donors (Lipinski definition) is 1. The first-order chi connectivity index (χ1) is 13.0. The van der Waals surface area contributed by atoms with Crippen LogP contribution in [0.4, 0.5) is 0 Å². The number of carbonyl (C=O) groups excluding carboxylic acids is 1. The Morgan fingerprint density at radius 2 is 1.89 bits per heavy atom. The topological polar surface area (TPSA) is 81.1 Å². The molecule has 27 heavy (non-hydrogen) atoms. The van der Waals surface area contributed by atoms with E-state index in [4.69, 9.17) is 0 Å². The van der Waals surface area contributed by atoms with Crippen LogP contribution in [0.2, 0.25) is 0 Å². The summed E-state index contributed by atoms with van der Waals surface area (Å²) in [5.74, 6) is 0.196. The van der Waals surface area contributed by atoms with Crippen LogP contribution in [0.25, 0.3) is 16.7 Å². The Hall–Kier alpha value is -2.32. The van der Waals surface area contributed by atoms with Gasteiger partial charge in [-0.1, -0.05) is 42.1 Å². The van der Waals surface area contributed by atoms with E-state index in [9.17, 15) is 13.2 Å². The van der Waals surface area contributed by atoms with Gasteiger partial charge in [-0.25, -0.2) is 13.4 Å². The largest absolute Gasteiger partial charge is 0.352 e. The first kappa shape index (κ1) is 18.1. The average molecular weight is 402 g/mol. The second-order valence-electron chi connectivity index (χ2n) is 6.51. The number of benzene rings is 2. The second-order valence-corrected chi connectivity index (χ2v) is 9.68. The van der Waals surface area contributed by atoms with Crippen LogP contribution in [0.5, 0.6) is 0 Å². The van der Waals surface area contributed by atoms with Gasteiger partial charge in [-0.2, -0.15) is 0 Å². The first-order valence-electron chi connectivity index (χ1n) is 8.67. The molecule has 2 aromatic carbocycles. The Bertz CT molecular complexity index is 1080. The molecule has 0 saturated carbocycles. The number of imidazole rings is 1. The van der Waals surface area contributed by atoms with Crippen LogP contribution in [-0.4, -0.2) is 47.2 Å². The van der Waals surface area contributed by atoms with E-state index < -0.39 is 9.84 Å². The lowest BCUT2D eigenvalue weighted by atomic mass is 10.3. The van der Waals surface area contributed by atoms with Crippen LogP contribution in [0.3, 0.4) is 0 Å². The minimum Gasteiger partial charge on any atom is -0.352 e. The number of hydrogen-bond acceptors (Lipinski definition) is 5. The van der Waals surface area contributed by atoms with Gasteiger partial charge in [0.2, 0.25) is 5.91 Å². The molecule has 1 aromatic heterocycles. The molecule has 1 amide bonds. The van der Waals surface area contributed by atoms with Gasteiger partial charge < -0.3 is 5.32 Å². The molecule has 140 valence electrons. The van der Waals surface area contributed by atoms with Crippen molar-refractivity contribution in [2.75, 3.05) is 17.3 Å². The molecule has 6 nitrogen and oxygen atoms in total. The standard InChI is InChI=1S/C19H19N3O3S2/c23-18(20-14-10-11-27(24,25)13-14)12-26-19-21-16-8-4-5-9-17(16)22(19)15-6-2-1-3-7-15/h1-9,14H,10-13H2,(H,20,23). The molecule has 0 radical (unpaired) electrons. The van der Waals surface area contributed by atoms with Crippen LogP contribution < -0.4 is 5.32 Å². The zero-order valence-corrected chi connectivity index (χ0v) is 16.2. The van der Waals surface area contributed by atoms with Crippen molar-refractivity contribution in [3.05, 3.63) is 54.6 Å². The van der Waals surface area contributed by atoms with E-state index in [1.165, 1.54) is 11.8 Å². The molecule has 1 N–H and O–H groups in total. The van der Waals surface area contributed by atoms with Crippen molar-refractivity contribution in [2.24, 2.45) is 0 Å². The molecule has 1 saturated heterocycles. The van der Waals surface area contributed by atoms with Crippen LogP contribution in [0.15, 0.2) is 59.8 Å². The first-order valence-corrected chi connectivity index (χ1v) is 11.5. The molecular weight excluding hydrogens is 382 g/mol. The van der Waals surface area contributed by atoms with E-state index in [0.29, 0.717) is 6.42 Å². The summed E-state index contributed by atoms with van der Waals surface area (Å²) in [6, 6.07) is 17.5. The lowest BCUT2D eigenvalue weighted by molar-refractivity contribution is -0.119. The molecule has 1 aliphatic rings. The minimum atomic E-state index is -3.01. The summed E-state index contributed by atoms with van der Waals surface area (Å²) >= 11 is 1.35. The van der Waals surface area contributed by atoms with Gasteiger partial charge in [-0.15, -0.1) is 0 Å². The van der Waals surface area contributed by atoms with Gasteiger partial charge in [0.25, 0.3) is 0 Å². The normalized spacial score (nSPS) is 18.6. The summed E-state index contributed by atoms with van der Waals surface area (Å²) in [5, 5.41) is 3.55. The van der Waals surface area contributed by atoms with Crippen LogP contribution in [0.1, 0.15) is 6.42 Å². The van der Waals surface area contributed by atoms with Gasteiger partial charge >= 0.3 is 0 Å². The third-order valence-electron chi connectivity index (χ3n) is 4.47. The monoisotopic (exact) mass is 401 g/mol. The molecule has 3 aromatic rings. The van der Waals surface area contributed by atoms with Crippen molar-refractivity contribution < 1.29 is 13.2 Å². The molecule has 4 rings (SSSR count). The number of amides is 1. The predicted molar refractivity (Wildman–Crippen MR) is 107 cm³/mol. The van der Waals surface area contributed by atoms with E-state index in [-0.39, 0.29) is 29.2 Å². The quantitative estimate of drug-likeness (QED) is 0.664. The van der Waals surface area contributed by atoms with Crippen molar-refractivity contribution in [2.45, 2.75) is 17.6 Å². The fourth-order valence-corrected chi connectivity index (χ4v) is 5.75. The zero-order valence-electron chi connectivity index (χ0n) is 14.5. The molecule has 2 heterocycles. The number of aromatic nitrogens is 2. The summed E-state index contributed by atoms with van der Waals surface area (Å²) in [5.41, 5.74) is 2.83. The molecule has 0 aliphatic carbocycles. The summed E-state index contributed by atoms with van der Waals surface area (Å²) < 4.78 is 25.1. The number of nitrogens with zero attached hydrogens (tertiary/aromatic N) is 2. The predicted octanol–water partition coefficient (Wildman–Crippen LogP) is 2.42. The maximum absolute atomic E-state index is 12.3. The van der Waals surface area contributed by atoms with E-state index in [1.54, 1.807) is 0 Å². The molecule has 0 spiro atoms. The Morgan fingerprint density at radius 3 is 2.63 bits per heavy atom. The highest BCUT2D eigenvalue weighted by Crippen LogP contribution is 2.27. The minimum absolute atomic E-state index is 0.0337. The SMILES string of the molecule is O=C(CSc1nc2ccccc2n1-c1ccccc1)NC1CCS(=O)(=O)C1. The highest BCUT2D eigenvalue weighted by Gasteiger charge is 2.29. The Morgan fingerprint density at radius 1 is 1.15 bits per heavy atom. The number of rotatable bonds is 5. The molecule has 0 bridgehead atoms. The molecule has 1 aliphatic heterocycles. The fourth-order valence-electron chi connectivity index (χ4n) is 3.24. The third kappa shape index (κ3) is 4.01. The highest BCUT2D eigenvalue weighted by atomic mass is 32.2. The second kappa shape index (κ2) is 7.36. The van der Waals surface area contributed by atoms with Crippen molar-refractivity contribution in [3.63, 3.8) is 0 Å². The van der Waals surface area contributed by atoms with Gasteiger partial charge in [0.1, 0.15) is 0 Å². The van der Waals surface area contributed by atoms with Crippen molar-refractivity contribution >= 4 is 38.5 Å². The van der Waals surface area contributed by atoms with E-state index >= 15 is 0 Å². The number of nitrogens with one attached hydrogen (secondary N) is 1. The van der Waals surface area contributed by atoms with Gasteiger partial charge in [0.15, 0.2) is 15.0 Å². The third-order valence-corrected chi connectivity index (χ3v) is 7.18. The van der Waals surface area contributed by atoms with E-state index in [0.717, 1.165) is 21.9 Å². The molecular formula is C19H19N3O3S2. The molecule has 8 heteroatoms. The Balaban J connectivity index is 1.53. The maximum Gasteiger partial charge on any atom is 0.230 e. The number of sulfone groups is 1. The number of carbonyl (C=O) groups is 1. The smallest absolute Gasteiger partial charge is 0.230 e. The molecule has 1 fully saturated rings. The lowest BCUT2D eigenvalue weighted by Crippen LogP contribution is -2.36. The number of para-hydroxylation sites is 3. The van der Waals surface area contributed by atoms with Crippen molar-refractivity contribution in [3.8, 4) is 5.69 Å². The van der Waals surface area contributed by atoms with Gasteiger partial charge in [-0.3, -0.25) is 9.36 Å². The van der Waals surface area contributed by atoms with E-state index in [1.807, 2.05) is 59.2 Å². The fraction of sp³-hybridized carbons (Fsp3) is 0.263. The summed E-state index contributed by atoms with van der Waals surface area (Å²) in [6.45, 7) is 0. The number of thioether (sulfide) groups is 1. The zero-order chi connectivity index (χ0) is 18.9.